The number of aliphatic hydroxyl groups is 1. The van der Waals surface area contributed by atoms with E-state index in [2.05, 4.69) is 31.0 Å². The van der Waals surface area contributed by atoms with Crippen LogP contribution >= 0.6 is 0 Å². The normalized spacial score (nSPS) is 24.5. The highest BCUT2D eigenvalue weighted by atomic mass is 19.3. The molecule has 1 saturated carbocycles. The molecule has 1 aliphatic carbocycles. The van der Waals surface area contributed by atoms with Crippen LogP contribution in [0.5, 0.6) is 0 Å². The molecule has 0 unspecified atom stereocenters. The number of carbonyl (C=O) groups is 1. The number of hydrogen-bond acceptors (Lipinski definition) is 3. The SMILES string of the molecule is CC(C)(C)N1CCC(NC(=O)C(F)(F)C2(O)CCC2)CC1. The Kier molecular flexibility index (Phi) is 4.32. The minimum atomic E-state index is -3.69. The van der Waals surface area contributed by atoms with Crippen molar-refractivity contribution in [2.45, 2.75) is 76.0 Å². The highest BCUT2D eigenvalue weighted by Crippen LogP contribution is 2.44. The summed E-state index contributed by atoms with van der Waals surface area (Å²) in [5.41, 5.74) is -2.08. The summed E-state index contributed by atoms with van der Waals surface area (Å²) in [6, 6.07) is -0.231. The van der Waals surface area contributed by atoms with Crippen molar-refractivity contribution < 1.29 is 18.7 Å². The number of hydrogen-bond donors (Lipinski definition) is 2. The molecule has 1 heterocycles. The molecular formula is C15H26F2N2O2. The third-order valence-corrected chi connectivity index (χ3v) is 4.83. The molecule has 4 nitrogen and oxygen atoms in total. The van der Waals surface area contributed by atoms with Gasteiger partial charge in [0.15, 0.2) is 0 Å². The van der Waals surface area contributed by atoms with E-state index in [4.69, 9.17) is 0 Å². The van der Waals surface area contributed by atoms with Crippen molar-refractivity contribution in [1.29, 1.82) is 0 Å². The number of piperidine rings is 1. The molecule has 0 radical (unpaired) electrons. The molecule has 0 aromatic carbocycles. The molecule has 1 amide bonds. The first-order valence-corrected chi connectivity index (χ1v) is 7.72. The van der Waals surface area contributed by atoms with Crippen LogP contribution in [0.25, 0.3) is 0 Å². The van der Waals surface area contributed by atoms with E-state index in [1.165, 1.54) is 0 Å². The number of nitrogens with zero attached hydrogens (tertiary/aromatic N) is 1. The second-order valence-electron chi connectivity index (χ2n) is 7.37. The van der Waals surface area contributed by atoms with Crippen molar-refractivity contribution in [3.63, 3.8) is 0 Å². The molecule has 2 aliphatic rings. The van der Waals surface area contributed by atoms with E-state index in [0.717, 1.165) is 13.1 Å². The number of carbonyl (C=O) groups excluding carboxylic acids is 1. The van der Waals surface area contributed by atoms with Crippen LogP contribution in [0.2, 0.25) is 0 Å². The van der Waals surface area contributed by atoms with Gasteiger partial charge in [-0.3, -0.25) is 9.69 Å². The van der Waals surface area contributed by atoms with Gasteiger partial charge >= 0.3 is 5.92 Å². The Morgan fingerprint density at radius 3 is 2.14 bits per heavy atom. The summed E-state index contributed by atoms with van der Waals surface area (Å²) in [5.74, 6) is -5.01. The number of halogens is 2. The lowest BCUT2D eigenvalue weighted by Gasteiger charge is -2.43. The molecule has 122 valence electrons. The highest BCUT2D eigenvalue weighted by Gasteiger charge is 2.61. The topological polar surface area (TPSA) is 52.6 Å². The summed E-state index contributed by atoms with van der Waals surface area (Å²) in [5, 5.41) is 12.2. The minimum absolute atomic E-state index is 0.00408. The fourth-order valence-electron chi connectivity index (χ4n) is 3.01. The molecule has 21 heavy (non-hydrogen) atoms. The van der Waals surface area contributed by atoms with Crippen LogP contribution in [0.1, 0.15) is 52.9 Å². The zero-order valence-electron chi connectivity index (χ0n) is 13.1. The van der Waals surface area contributed by atoms with Crippen LogP contribution in [0.4, 0.5) is 8.78 Å². The molecule has 2 fully saturated rings. The summed E-state index contributed by atoms with van der Waals surface area (Å²) >= 11 is 0. The van der Waals surface area contributed by atoms with Gasteiger partial charge in [-0.05, 0) is 52.9 Å². The van der Waals surface area contributed by atoms with Crippen molar-refractivity contribution in [2.24, 2.45) is 0 Å². The van der Waals surface area contributed by atoms with Gasteiger partial charge in [0.05, 0.1) is 0 Å². The van der Waals surface area contributed by atoms with Crippen LogP contribution in [0.3, 0.4) is 0 Å². The zero-order valence-corrected chi connectivity index (χ0v) is 13.1. The van der Waals surface area contributed by atoms with Gasteiger partial charge in [-0.2, -0.15) is 8.78 Å². The first-order valence-electron chi connectivity index (χ1n) is 7.72. The highest BCUT2D eigenvalue weighted by molar-refractivity contribution is 5.85. The Morgan fingerprint density at radius 1 is 1.24 bits per heavy atom. The Balaban J connectivity index is 1.87. The predicted molar refractivity (Wildman–Crippen MR) is 76.2 cm³/mol. The number of nitrogens with one attached hydrogen (secondary N) is 1. The van der Waals surface area contributed by atoms with Crippen molar-refractivity contribution in [1.82, 2.24) is 10.2 Å². The number of alkyl halides is 2. The van der Waals surface area contributed by atoms with Gasteiger partial charge in [0.1, 0.15) is 5.60 Å². The van der Waals surface area contributed by atoms with E-state index in [-0.39, 0.29) is 24.4 Å². The van der Waals surface area contributed by atoms with Gasteiger partial charge in [-0.1, -0.05) is 0 Å². The molecule has 0 aromatic heterocycles. The molecule has 1 aliphatic heterocycles. The standard InChI is InChI=1S/C15H26F2N2O2/c1-13(2,3)19-9-5-11(6-10-19)18-12(20)15(16,17)14(21)7-4-8-14/h11,21H,4-10H2,1-3H3,(H,18,20). The van der Waals surface area contributed by atoms with Gasteiger partial charge in [0, 0.05) is 24.7 Å². The lowest BCUT2D eigenvalue weighted by atomic mass is 9.75. The van der Waals surface area contributed by atoms with Crippen molar-refractivity contribution in [3.05, 3.63) is 0 Å². The summed E-state index contributed by atoms with van der Waals surface area (Å²) in [6.07, 6.45) is 1.87. The molecular weight excluding hydrogens is 278 g/mol. The van der Waals surface area contributed by atoms with E-state index in [9.17, 15) is 18.7 Å². The van der Waals surface area contributed by atoms with Crippen molar-refractivity contribution >= 4 is 5.91 Å². The largest absolute Gasteiger partial charge is 0.383 e. The van der Waals surface area contributed by atoms with E-state index >= 15 is 0 Å². The van der Waals surface area contributed by atoms with Gasteiger partial charge in [0.2, 0.25) is 0 Å². The lowest BCUT2D eigenvalue weighted by Crippen LogP contribution is -2.62. The van der Waals surface area contributed by atoms with Crippen LogP contribution in [0.15, 0.2) is 0 Å². The molecule has 0 bridgehead atoms. The monoisotopic (exact) mass is 304 g/mol. The predicted octanol–water partition coefficient (Wildman–Crippen LogP) is 1.92. The number of likely N-dealkylation sites (tertiary alicyclic amines) is 1. The third-order valence-electron chi connectivity index (χ3n) is 4.83. The minimum Gasteiger partial charge on any atom is -0.383 e. The lowest BCUT2D eigenvalue weighted by molar-refractivity contribution is -0.216. The average molecular weight is 304 g/mol. The molecule has 2 rings (SSSR count). The molecule has 2 N–H and O–H groups in total. The smallest absolute Gasteiger partial charge is 0.352 e. The average Bonchev–Trinajstić information content (AvgIpc) is 2.35. The summed E-state index contributed by atoms with van der Waals surface area (Å²) in [7, 11) is 0. The van der Waals surface area contributed by atoms with Crippen molar-refractivity contribution in [2.75, 3.05) is 13.1 Å². The molecule has 6 heteroatoms. The number of rotatable bonds is 3. The van der Waals surface area contributed by atoms with Crippen LogP contribution < -0.4 is 5.32 Å². The fraction of sp³-hybridized carbons (Fsp3) is 0.933. The Morgan fingerprint density at radius 2 is 1.76 bits per heavy atom. The first-order chi connectivity index (χ1) is 9.56. The van der Waals surface area contributed by atoms with Gasteiger partial charge in [-0.25, -0.2) is 0 Å². The summed E-state index contributed by atoms with van der Waals surface area (Å²) in [6.45, 7) is 7.92. The second-order valence-corrected chi connectivity index (χ2v) is 7.37. The molecule has 0 spiro atoms. The molecule has 1 saturated heterocycles. The van der Waals surface area contributed by atoms with Crippen LogP contribution in [0, 0.1) is 0 Å². The van der Waals surface area contributed by atoms with E-state index in [1.807, 2.05) is 0 Å². The van der Waals surface area contributed by atoms with Gasteiger partial charge in [0.25, 0.3) is 5.91 Å². The summed E-state index contributed by atoms with van der Waals surface area (Å²) in [4.78, 5) is 14.1. The van der Waals surface area contributed by atoms with E-state index in [0.29, 0.717) is 19.3 Å². The maximum Gasteiger partial charge on any atom is 0.352 e. The number of amides is 1. The van der Waals surface area contributed by atoms with Gasteiger partial charge < -0.3 is 10.4 Å². The van der Waals surface area contributed by atoms with E-state index in [1.54, 1.807) is 0 Å². The van der Waals surface area contributed by atoms with Gasteiger partial charge in [-0.15, -0.1) is 0 Å². The maximum atomic E-state index is 14.0. The zero-order chi connectivity index (χ0) is 15.9. The first kappa shape index (κ1) is 16.6. The Bertz CT molecular complexity index is 395. The third kappa shape index (κ3) is 3.21. The quantitative estimate of drug-likeness (QED) is 0.837. The van der Waals surface area contributed by atoms with Crippen LogP contribution in [-0.4, -0.2) is 52.1 Å². The second kappa shape index (κ2) is 5.47. The molecule has 0 atom stereocenters. The van der Waals surface area contributed by atoms with Crippen LogP contribution in [-0.2, 0) is 4.79 Å². The Hall–Kier alpha value is -0.750. The van der Waals surface area contributed by atoms with Crippen molar-refractivity contribution in [3.8, 4) is 0 Å². The van der Waals surface area contributed by atoms with E-state index < -0.39 is 17.4 Å². The fourth-order valence-corrected chi connectivity index (χ4v) is 3.01. The maximum absolute atomic E-state index is 14.0. The summed E-state index contributed by atoms with van der Waals surface area (Å²) < 4.78 is 28.0. The Labute approximate surface area is 124 Å². The molecule has 0 aromatic rings.